The lowest BCUT2D eigenvalue weighted by molar-refractivity contribution is 0.421. The van der Waals surface area contributed by atoms with Crippen LogP contribution in [0.4, 0.5) is 0 Å². The molecule has 4 nitrogen and oxygen atoms in total. The number of benzene rings is 7. The van der Waals surface area contributed by atoms with Crippen LogP contribution in [-0.4, -0.2) is 22.0 Å². The first-order chi connectivity index (χ1) is 25.5. The van der Waals surface area contributed by atoms with E-state index in [0.717, 1.165) is 45.0 Å². The maximum atomic E-state index is 7.09. The molecule has 0 saturated carbocycles. The van der Waals surface area contributed by atoms with Crippen LogP contribution in [0.5, 0.6) is 11.5 Å². The monoisotopic (exact) mass is 687 g/mol. The van der Waals surface area contributed by atoms with Crippen molar-refractivity contribution in [2.75, 3.05) is 0 Å². The average molecular weight is 688 g/mol. The van der Waals surface area contributed by atoms with E-state index in [1.54, 1.807) is 0 Å². The van der Waals surface area contributed by atoms with Crippen molar-refractivity contribution in [2.45, 2.75) is 26.2 Å². The first-order valence-electron chi connectivity index (χ1n) is 18.0. The standard InChI is InChI=1S/C47H37N3OSi/c1-32-17-14-28-41-44(32)48-46-49(39-26-11-12-27-40(39)50(41)46)33-18-15-23-36(31-33)52(34-19-6-4-7-20-34,35-21-8-5-9-22-35)43-30-16-25-38-45(43)51-42-29-13-10-24-37(42)47(38,2)3/h4-31H,1-3H3. The highest BCUT2D eigenvalue weighted by Crippen LogP contribution is 2.47. The Morgan fingerprint density at radius 1 is 0.558 bits per heavy atom. The van der Waals surface area contributed by atoms with Crippen LogP contribution in [0.3, 0.4) is 0 Å². The maximum Gasteiger partial charge on any atom is 0.220 e. The summed E-state index contributed by atoms with van der Waals surface area (Å²) >= 11 is 0. The van der Waals surface area contributed by atoms with Crippen molar-refractivity contribution in [3.8, 4) is 17.2 Å². The zero-order valence-corrected chi connectivity index (χ0v) is 30.4. The third-order valence-electron chi connectivity index (χ3n) is 11.2. The molecule has 0 atom stereocenters. The highest BCUT2D eigenvalue weighted by atomic mass is 28.3. The number of hydrogen-bond donors (Lipinski definition) is 0. The van der Waals surface area contributed by atoms with Crippen LogP contribution in [0, 0.1) is 6.92 Å². The third-order valence-corrected chi connectivity index (χ3v) is 16.0. The molecule has 7 aromatic carbocycles. The van der Waals surface area contributed by atoms with Gasteiger partial charge in [-0.3, -0.25) is 8.97 Å². The van der Waals surface area contributed by atoms with E-state index in [0.29, 0.717) is 0 Å². The number of aromatic nitrogens is 3. The molecule has 0 radical (unpaired) electrons. The lowest BCUT2D eigenvalue weighted by Crippen LogP contribution is -2.75. The van der Waals surface area contributed by atoms with Gasteiger partial charge in [-0.1, -0.05) is 147 Å². The highest BCUT2D eigenvalue weighted by Gasteiger charge is 2.46. The molecule has 250 valence electrons. The van der Waals surface area contributed by atoms with Crippen LogP contribution in [-0.2, 0) is 5.41 Å². The minimum absolute atomic E-state index is 0.244. The van der Waals surface area contributed by atoms with Crippen LogP contribution in [0.2, 0.25) is 0 Å². The Labute approximate surface area is 304 Å². The molecule has 10 rings (SSSR count). The second-order valence-corrected chi connectivity index (χ2v) is 18.2. The van der Waals surface area contributed by atoms with Gasteiger partial charge in [0.1, 0.15) is 11.5 Å². The summed E-state index contributed by atoms with van der Waals surface area (Å²) in [6.07, 6.45) is 0. The number of rotatable bonds is 5. The summed E-state index contributed by atoms with van der Waals surface area (Å²) in [5.41, 5.74) is 8.83. The van der Waals surface area contributed by atoms with Gasteiger partial charge in [0.2, 0.25) is 5.78 Å². The first kappa shape index (κ1) is 30.6. The quantitative estimate of drug-likeness (QED) is 0.134. The predicted molar refractivity (Wildman–Crippen MR) is 217 cm³/mol. The lowest BCUT2D eigenvalue weighted by Gasteiger charge is -2.40. The van der Waals surface area contributed by atoms with Gasteiger partial charge in [0.25, 0.3) is 0 Å². The number of aryl methyl sites for hydroxylation is 1. The molecule has 9 aromatic rings. The van der Waals surface area contributed by atoms with Crippen molar-refractivity contribution in [1.82, 2.24) is 14.0 Å². The molecule has 2 aromatic heterocycles. The van der Waals surface area contributed by atoms with Gasteiger partial charge in [-0.05, 0) is 69.6 Å². The van der Waals surface area contributed by atoms with Crippen molar-refractivity contribution >= 4 is 56.7 Å². The molecule has 0 saturated heterocycles. The fourth-order valence-electron chi connectivity index (χ4n) is 8.80. The Bertz CT molecular complexity index is 2780. The van der Waals surface area contributed by atoms with Crippen molar-refractivity contribution in [3.63, 3.8) is 0 Å². The number of ether oxygens (including phenoxy) is 1. The van der Waals surface area contributed by atoms with Crippen molar-refractivity contribution in [2.24, 2.45) is 0 Å². The van der Waals surface area contributed by atoms with Crippen LogP contribution in [0.25, 0.3) is 33.5 Å². The molecule has 3 heterocycles. The van der Waals surface area contributed by atoms with Crippen LogP contribution < -0.4 is 25.5 Å². The maximum absolute atomic E-state index is 7.09. The molecule has 5 heteroatoms. The predicted octanol–water partition coefficient (Wildman–Crippen LogP) is 8.55. The van der Waals surface area contributed by atoms with Gasteiger partial charge in [0, 0.05) is 22.2 Å². The Hall–Kier alpha value is -6.17. The molecule has 1 aliphatic heterocycles. The van der Waals surface area contributed by atoms with Crippen LogP contribution >= 0.6 is 0 Å². The van der Waals surface area contributed by atoms with Gasteiger partial charge in [-0.2, -0.15) is 0 Å². The minimum atomic E-state index is -3.05. The summed E-state index contributed by atoms with van der Waals surface area (Å²) in [5.74, 6) is 2.81. The third kappa shape index (κ3) is 4.23. The molecule has 0 bridgehead atoms. The second kappa shape index (κ2) is 11.4. The topological polar surface area (TPSA) is 31.5 Å². The van der Waals surface area contributed by atoms with Crippen LogP contribution in [0.15, 0.2) is 170 Å². The van der Waals surface area contributed by atoms with E-state index in [9.17, 15) is 0 Å². The van der Waals surface area contributed by atoms with E-state index in [2.05, 4.69) is 200 Å². The average Bonchev–Trinajstić information content (AvgIpc) is 3.72. The molecule has 1 aliphatic rings. The largest absolute Gasteiger partial charge is 0.457 e. The van der Waals surface area contributed by atoms with E-state index in [4.69, 9.17) is 9.72 Å². The molecular formula is C47H37N3OSi. The van der Waals surface area contributed by atoms with Gasteiger partial charge in [-0.15, -0.1) is 0 Å². The van der Waals surface area contributed by atoms with Crippen molar-refractivity contribution in [1.29, 1.82) is 0 Å². The van der Waals surface area contributed by atoms with Gasteiger partial charge in [0.05, 0.1) is 22.1 Å². The number of fused-ring (bicyclic) bond motifs is 7. The zero-order chi connectivity index (χ0) is 35.0. The van der Waals surface area contributed by atoms with Gasteiger partial charge >= 0.3 is 0 Å². The van der Waals surface area contributed by atoms with E-state index in [1.807, 2.05) is 0 Å². The SMILES string of the molecule is Cc1cccc2c1nc1n(-c3cccc([Si](c4ccccc4)(c4ccccc4)c4cccc5c4Oc4ccccc4C5(C)C)c3)c3ccccc3n21. The Kier molecular flexibility index (Phi) is 6.73. The van der Waals surface area contributed by atoms with E-state index in [-0.39, 0.29) is 5.41 Å². The normalized spacial score (nSPS) is 13.6. The van der Waals surface area contributed by atoms with Gasteiger partial charge in [0.15, 0.2) is 8.07 Å². The fourth-order valence-corrected chi connectivity index (χ4v) is 13.7. The van der Waals surface area contributed by atoms with Crippen LogP contribution in [0.1, 0.15) is 30.5 Å². The van der Waals surface area contributed by atoms with Crippen molar-refractivity contribution < 1.29 is 4.74 Å². The highest BCUT2D eigenvalue weighted by molar-refractivity contribution is 7.20. The van der Waals surface area contributed by atoms with E-state index >= 15 is 0 Å². The fraction of sp³-hybridized carbons (Fsp3) is 0.0851. The smallest absolute Gasteiger partial charge is 0.220 e. The number of hydrogen-bond acceptors (Lipinski definition) is 2. The molecule has 52 heavy (non-hydrogen) atoms. The summed E-state index contributed by atoms with van der Waals surface area (Å²) in [4.78, 5) is 5.31. The van der Waals surface area contributed by atoms with Gasteiger partial charge in [-0.25, -0.2) is 4.98 Å². The summed E-state index contributed by atoms with van der Waals surface area (Å²) in [6, 6.07) is 61.9. The minimum Gasteiger partial charge on any atom is -0.457 e. The Balaban J connectivity index is 1.31. The van der Waals surface area contributed by atoms with E-state index in [1.165, 1.54) is 37.4 Å². The molecule has 0 unspecified atom stereocenters. The number of imidazole rings is 2. The summed E-state index contributed by atoms with van der Waals surface area (Å²) in [6.45, 7) is 6.79. The summed E-state index contributed by atoms with van der Waals surface area (Å²) in [7, 11) is -3.05. The molecular weight excluding hydrogens is 651 g/mol. The Morgan fingerprint density at radius 2 is 1.15 bits per heavy atom. The second-order valence-electron chi connectivity index (χ2n) is 14.5. The summed E-state index contributed by atoms with van der Waals surface area (Å²) < 4.78 is 11.7. The molecule has 0 fully saturated rings. The number of para-hydroxylation sites is 5. The number of nitrogens with zero attached hydrogens (tertiary/aromatic N) is 3. The summed E-state index contributed by atoms with van der Waals surface area (Å²) in [5, 5.41) is 5.12. The zero-order valence-electron chi connectivity index (χ0n) is 29.4. The Morgan fingerprint density at radius 3 is 1.92 bits per heavy atom. The van der Waals surface area contributed by atoms with E-state index < -0.39 is 8.07 Å². The van der Waals surface area contributed by atoms with Gasteiger partial charge < -0.3 is 4.74 Å². The molecule has 0 amide bonds. The molecule has 0 spiro atoms. The lowest BCUT2D eigenvalue weighted by atomic mass is 9.76. The van der Waals surface area contributed by atoms with Crippen molar-refractivity contribution in [3.05, 3.63) is 187 Å². The molecule has 0 N–H and O–H groups in total. The molecule has 0 aliphatic carbocycles. The first-order valence-corrected chi connectivity index (χ1v) is 20.0.